The van der Waals surface area contributed by atoms with Gasteiger partial charge in [0.15, 0.2) is 0 Å². The van der Waals surface area contributed by atoms with Crippen LogP contribution in [0.2, 0.25) is 0 Å². The number of halogens is 1. The highest BCUT2D eigenvalue weighted by Gasteiger charge is 2.39. The number of nitrogens with one attached hydrogen (secondary N) is 1. The quantitative estimate of drug-likeness (QED) is 0.788. The topological polar surface area (TPSA) is 37.9 Å². The number of hydrogen-bond donors (Lipinski definition) is 1. The number of aromatic nitrogens is 2. The van der Waals surface area contributed by atoms with Crippen molar-refractivity contribution in [3.8, 4) is 0 Å². The number of methoxy groups -OCH3 is 1. The lowest BCUT2D eigenvalue weighted by molar-refractivity contribution is -0.0599. The zero-order valence-corrected chi connectivity index (χ0v) is 14.4. The van der Waals surface area contributed by atoms with Gasteiger partial charge < -0.3 is 9.72 Å². The van der Waals surface area contributed by atoms with Crippen LogP contribution in [-0.2, 0) is 10.3 Å². The van der Waals surface area contributed by atoms with Crippen LogP contribution in [0.5, 0.6) is 0 Å². The molecule has 0 aliphatic heterocycles. The van der Waals surface area contributed by atoms with Crippen LogP contribution in [0.1, 0.15) is 62.9 Å². The molecule has 0 aromatic carbocycles. The number of rotatable bonds is 3. The second kappa shape index (κ2) is 5.50. The van der Waals surface area contributed by atoms with Crippen molar-refractivity contribution < 1.29 is 4.74 Å². The summed E-state index contributed by atoms with van der Waals surface area (Å²) in [6, 6.07) is 0. The van der Waals surface area contributed by atoms with E-state index in [4.69, 9.17) is 17.0 Å². The summed E-state index contributed by atoms with van der Waals surface area (Å²) in [6.07, 6.45) is 6.90. The maximum Gasteiger partial charge on any atom is 0.144 e. The highest BCUT2D eigenvalue weighted by Crippen LogP contribution is 2.45. The van der Waals surface area contributed by atoms with Crippen LogP contribution < -0.4 is 0 Å². The molecule has 1 aromatic rings. The van der Waals surface area contributed by atoms with Crippen LogP contribution in [0.3, 0.4) is 0 Å². The molecule has 2 saturated carbocycles. The average Bonchev–Trinajstić information content (AvgIpc) is 3.27. The molecule has 0 radical (unpaired) electrons. The number of nitrogens with zero attached hydrogens (tertiary/aromatic N) is 1. The molecule has 0 bridgehead atoms. The molecule has 2 aliphatic carbocycles. The number of hydrogen-bond acceptors (Lipinski definition) is 3. The minimum absolute atomic E-state index is 0.273. The van der Waals surface area contributed by atoms with Crippen LogP contribution in [0.4, 0.5) is 0 Å². The second-order valence-electron chi connectivity index (χ2n) is 6.27. The van der Waals surface area contributed by atoms with Gasteiger partial charge in [0.2, 0.25) is 0 Å². The predicted molar refractivity (Wildman–Crippen MR) is 85.4 cm³/mol. The Morgan fingerprint density at radius 1 is 1.30 bits per heavy atom. The number of H-pyrrole nitrogens is 1. The Labute approximate surface area is 133 Å². The fourth-order valence-electron chi connectivity index (χ4n) is 3.11. The van der Waals surface area contributed by atoms with Gasteiger partial charge in [-0.05, 0) is 60.4 Å². The van der Waals surface area contributed by atoms with E-state index in [9.17, 15) is 0 Å². The molecule has 0 unspecified atom stereocenters. The van der Waals surface area contributed by atoms with Gasteiger partial charge in [-0.25, -0.2) is 4.98 Å². The minimum atomic E-state index is -0.273. The van der Waals surface area contributed by atoms with Gasteiger partial charge in [0, 0.05) is 18.7 Å². The van der Waals surface area contributed by atoms with Crippen molar-refractivity contribution in [3.63, 3.8) is 0 Å². The van der Waals surface area contributed by atoms with Gasteiger partial charge in [-0.15, -0.1) is 0 Å². The maximum atomic E-state index is 5.91. The smallest absolute Gasteiger partial charge is 0.144 e. The molecule has 0 atom stereocenters. The van der Waals surface area contributed by atoms with Crippen LogP contribution in [-0.4, -0.2) is 17.1 Å². The lowest BCUT2D eigenvalue weighted by Crippen LogP contribution is -2.35. The standard InChI is InChI=1S/C15H21BrN2OS/c1-9-5-7-15(19-2,8-6-9)14-17-12(10-3-4-10)11(16)13(20)18-14/h9-10H,3-8H2,1-2H3,(H,17,18,20). The summed E-state index contributed by atoms with van der Waals surface area (Å²) in [5.41, 5.74) is 0.944. The fraction of sp³-hybridized carbons (Fsp3) is 0.733. The Hall–Kier alpha value is -0.260. The Morgan fingerprint density at radius 2 is 1.95 bits per heavy atom. The third-order valence-electron chi connectivity index (χ3n) is 4.78. The highest BCUT2D eigenvalue weighted by molar-refractivity contribution is 9.10. The summed E-state index contributed by atoms with van der Waals surface area (Å²) >= 11 is 9.02. The Morgan fingerprint density at radius 3 is 2.50 bits per heavy atom. The Kier molecular flexibility index (Phi) is 4.04. The molecule has 2 aliphatic rings. The Balaban J connectivity index is 2.01. The first-order valence-corrected chi connectivity index (χ1v) is 8.61. The first-order chi connectivity index (χ1) is 9.55. The first kappa shape index (κ1) is 14.7. The lowest BCUT2D eigenvalue weighted by atomic mass is 9.79. The summed E-state index contributed by atoms with van der Waals surface area (Å²) < 4.78 is 7.54. The summed E-state index contributed by atoms with van der Waals surface area (Å²) in [5.74, 6) is 2.32. The molecule has 5 heteroatoms. The van der Waals surface area contributed by atoms with Crippen molar-refractivity contribution in [2.45, 2.75) is 57.0 Å². The molecule has 1 N–H and O–H groups in total. The van der Waals surface area contributed by atoms with Crippen LogP contribution >= 0.6 is 28.1 Å². The van der Waals surface area contributed by atoms with E-state index in [-0.39, 0.29) is 5.60 Å². The van der Waals surface area contributed by atoms with E-state index in [1.165, 1.54) is 31.4 Å². The zero-order chi connectivity index (χ0) is 14.3. The van der Waals surface area contributed by atoms with Crippen molar-refractivity contribution >= 4 is 28.1 Å². The molecule has 0 spiro atoms. The third kappa shape index (κ3) is 2.60. The van der Waals surface area contributed by atoms with Crippen molar-refractivity contribution in [3.05, 3.63) is 20.6 Å². The SMILES string of the molecule is COC1(c2nc(=S)c(Br)c(C3CC3)[nH]2)CCC(C)CC1. The zero-order valence-electron chi connectivity index (χ0n) is 12.0. The van der Waals surface area contributed by atoms with Crippen molar-refractivity contribution in [1.29, 1.82) is 0 Å². The molecular formula is C15H21BrN2OS. The summed E-state index contributed by atoms with van der Waals surface area (Å²) in [5, 5.41) is 0. The molecule has 0 amide bonds. The first-order valence-electron chi connectivity index (χ1n) is 7.41. The Bertz CT molecular complexity index is 559. The average molecular weight is 357 g/mol. The molecule has 20 heavy (non-hydrogen) atoms. The molecule has 0 saturated heterocycles. The lowest BCUT2D eigenvalue weighted by Gasteiger charge is -2.37. The molecule has 110 valence electrons. The second-order valence-corrected chi connectivity index (χ2v) is 7.45. The molecule has 1 aromatic heterocycles. The molecule has 3 nitrogen and oxygen atoms in total. The van der Waals surface area contributed by atoms with Gasteiger partial charge in [-0.2, -0.15) is 0 Å². The van der Waals surface area contributed by atoms with Crippen LogP contribution in [0.25, 0.3) is 0 Å². The van der Waals surface area contributed by atoms with Gasteiger partial charge in [0.25, 0.3) is 0 Å². The summed E-state index contributed by atoms with van der Waals surface area (Å²) in [6.45, 7) is 2.31. The normalized spacial score (nSPS) is 30.4. The monoisotopic (exact) mass is 356 g/mol. The maximum absolute atomic E-state index is 5.91. The molecule has 3 rings (SSSR count). The third-order valence-corrected chi connectivity index (χ3v) is 6.14. The van der Waals surface area contributed by atoms with E-state index < -0.39 is 0 Å². The van der Waals surface area contributed by atoms with Gasteiger partial charge in [-0.3, -0.25) is 0 Å². The fourth-order valence-corrected chi connectivity index (χ4v) is 3.82. The van der Waals surface area contributed by atoms with E-state index in [0.29, 0.717) is 10.6 Å². The van der Waals surface area contributed by atoms with Crippen molar-refractivity contribution in [2.24, 2.45) is 5.92 Å². The van der Waals surface area contributed by atoms with Crippen molar-refractivity contribution in [2.75, 3.05) is 7.11 Å². The van der Waals surface area contributed by atoms with Crippen molar-refractivity contribution in [1.82, 2.24) is 9.97 Å². The van der Waals surface area contributed by atoms with Gasteiger partial charge in [-0.1, -0.05) is 19.1 Å². The van der Waals surface area contributed by atoms with Crippen LogP contribution in [0, 0.1) is 10.6 Å². The van der Waals surface area contributed by atoms with Gasteiger partial charge in [0.05, 0.1) is 4.47 Å². The van der Waals surface area contributed by atoms with Gasteiger partial charge in [0.1, 0.15) is 16.1 Å². The van der Waals surface area contributed by atoms with E-state index in [0.717, 1.165) is 29.1 Å². The molecule has 2 fully saturated rings. The predicted octanol–water partition coefficient (Wildman–Crippen LogP) is 4.83. The van der Waals surface area contributed by atoms with E-state index >= 15 is 0 Å². The van der Waals surface area contributed by atoms with E-state index in [1.807, 2.05) is 0 Å². The highest BCUT2D eigenvalue weighted by atomic mass is 79.9. The molecule has 1 heterocycles. The number of ether oxygens (including phenoxy) is 1. The van der Waals surface area contributed by atoms with E-state index in [1.54, 1.807) is 7.11 Å². The largest absolute Gasteiger partial charge is 0.370 e. The summed E-state index contributed by atoms with van der Waals surface area (Å²) in [7, 11) is 1.80. The molecular weight excluding hydrogens is 336 g/mol. The summed E-state index contributed by atoms with van der Waals surface area (Å²) in [4.78, 5) is 8.16. The number of aromatic amines is 1. The van der Waals surface area contributed by atoms with Gasteiger partial charge >= 0.3 is 0 Å². The van der Waals surface area contributed by atoms with E-state index in [2.05, 4.69) is 32.8 Å². The minimum Gasteiger partial charge on any atom is -0.370 e. The van der Waals surface area contributed by atoms with Crippen LogP contribution in [0.15, 0.2) is 4.47 Å².